The van der Waals surface area contributed by atoms with Gasteiger partial charge in [-0.05, 0) is 29.8 Å². The van der Waals surface area contributed by atoms with E-state index in [0.717, 1.165) is 11.6 Å². The Kier molecular flexibility index (Phi) is 5.25. The van der Waals surface area contributed by atoms with Crippen molar-refractivity contribution in [2.45, 2.75) is 13.0 Å². The molecule has 1 aliphatic rings. The molecule has 25 heavy (non-hydrogen) atoms. The van der Waals surface area contributed by atoms with Gasteiger partial charge in [-0.2, -0.15) is 0 Å². The molecular formula is C18H15Cl2FN2O2. The highest BCUT2D eigenvalue weighted by molar-refractivity contribution is 6.31. The second-order valence-corrected chi connectivity index (χ2v) is 6.72. The van der Waals surface area contributed by atoms with E-state index < -0.39 is 17.6 Å². The molecule has 130 valence electrons. The van der Waals surface area contributed by atoms with Gasteiger partial charge in [-0.25, -0.2) is 4.39 Å². The van der Waals surface area contributed by atoms with Gasteiger partial charge in [0.15, 0.2) is 0 Å². The van der Waals surface area contributed by atoms with Gasteiger partial charge in [-0.15, -0.1) is 0 Å². The minimum absolute atomic E-state index is 0.0476. The van der Waals surface area contributed by atoms with E-state index in [0.29, 0.717) is 11.6 Å². The van der Waals surface area contributed by atoms with Crippen molar-refractivity contribution < 1.29 is 14.0 Å². The first-order valence-corrected chi connectivity index (χ1v) is 8.46. The first kappa shape index (κ1) is 17.7. The Morgan fingerprint density at radius 1 is 1.24 bits per heavy atom. The zero-order chi connectivity index (χ0) is 18.0. The van der Waals surface area contributed by atoms with Gasteiger partial charge in [0.1, 0.15) is 5.82 Å². The summed E-state index contributed by atoms with van der Waals surface area (Å²) in [5.74, 6) is -1.67. The van der Waals surface area contributed by atoms with E-state index in [1.807, 2.05) is 18.2 Å². The highest BCUT2D eigenvalue weighted by Gasteiger charge is 2.34. The molecule has 0 aromatic heterocycles. The van der Waals surface area contributed by atoms with Crippen LogP contribution in [0.15, 0.2) is 42.5 Å². The van der Waals surface area contributed by atoms with Crippen LogP contribution in [0.5, 0.6) is 0 Å². The lowest BCUT2D eigenvalue weighted by Gasteiger charge is -2.17. The monoisotopic (exact) mass is 380 g/mol. The summed E-state index contributed by atoms with van der Waals surface area (Å²) in [5.41, 5.74) is 0.869. The van der Waals surface area contributed by atoms with E-state index in [4.69, 9.17) is 23.2 Å². The van der Waals surface area contributed by atoms with Gasteiger partial charge < -0.3 is 10.2 Å². The van der Waals surface area contributed by atoms with Gasteiger partial charge >= 0.3 is 0 Å². The van der Waals surface area contributed by atoms with Crippen molar-refractivity contribution in [3.63, 3.8) is 0 Å². The fraction of sp³-hybridized carbons (Fsp3) is 0.222. The van der Waals surface area contributed by atoms with Crippen LogP contribution in [-0.4, -0.2) is 23.3 Å². The van der Waals surface area contributed by atoms with Crippen LogP contribution < -0.4 is 5.32 Å². The Balaban J connectivity index is 1.65. The molecule has 3 rings (SSSR count). The molecule has 0 unspecified atom stereocenters. The van der Waals surface area contributed by atoms with Gasteiger partial charge in [0.05, 0.1) is 11.6 Å². The van der Waals surface area contributed by atoms with Crippen LogP contribution in [0.1, 0.15) is 12.0 Å². The Bertz CT molecular complexity index is 828. The normalized spacial score (nSPS) is 17.0. The number of amides is 2. The summed E-state index contributed by atoms with van der Waals surface area (Å²) in [7, 11) is 0. The lowest BCUT2D eigenvalue weighted by atomic mass is 10.1. The molecule has 1 heterocycles. The summed E-state index contributed by atoms with van der Waals surface area (Å²) < 4.78 is 13.8. The number of hydrogen-bond acceptors (Lipinski definition) is 2. The predicted octanol–water partition coefficient (Wildman–Crippen LogP) is 4.12. The number of nitrogens with one attached hydrogen (secondary N) is 1. The average Bonchev–Trinajstić information content (AvgIpc) is 2.93. The Labute approximate surface area is 154 Å². The first-order valence-electron chi connectivity index (χ1n) is 7.71. The minimum Gasteiger partial charge on any atom is -0.337 e. The van der Waals surface area contributed by atoms with Crippen LogP contribution in [0.3, 0.4) is 0 Å². The third-order valence-electron chi connectivity index (χ3n) is 4.09. The summed E-state index contributed by atoms with van der Waals surface area (Å²) in [6.45, 7) is 0.614. The van der Waals surface area contributed by atoms with Gasteiger partial charge in [0, 0.05) is 29.6 Å². The zero-order valence-electron chi connectivity index (χ0n) is 13.1. The van der Waals surface area contributed by atoms with Gasteiger partial charge in [-0.1, -0.05) is 41.4 Å². The van der Waals surface area contributed by atoms with Crippen molar-refractivity contribution in [1.29, 1.82) is 0 Å². The number of carbonyl (C=O) groups is 2. The molecule has 2 aromatic rings. The number of anilines is 1. The number of hydrogen-bond donors (Lipinski definition) is 1. The van der Waals surface area contributed by atoms with Gasteiger partial charge in [-0.3, -0.25) is 9.59 Å². The molecule has 4 nitrogen and oxygen atoms in total. The summed E-state index contributed by atoms with van der Waals surface area (Å²) in [4.78, 5) is 26.1. The van der Waals surface area contributed by atoms with Crippen molar-refractivity contribution in [2.75, 3.05) is 11.9 Å². The molecule has 2 amide bonds. The number of carbonyl (C=O) groups excluding carboxylic acids is 2. The maximum atomic E-state index is 13.8. The predicted molar refractivity (Wildman–Crippen MR) is 95.0 cm³/mol. The topological polar surface area (TPSA) is 49.4 Å². The number of rotatable bonds is 4. The lowest BCUT2D eigenvalue weighted by Crippen LogP contribution is -2.28. The molecule has 0 spiro atoms. The van der Waals surface area contributed by atoms with Crippen LogP contribution in [0, 0.1) is 11.7 Å². The molecule has 0 bridgehead atoms. The average molecular weight is 381 g/mol. The Hall–Kier alpha value is -2.11. The van der Waals surface area contributed by atoms with Crippen molar-refractivity contribution >= 4 is 40.7 Å². The second-order valence-electron chi connectivity index (χ2n) is 5.88. The van der Waals surface area contributed by atoms with Crippen molar-refractivity contribution in [2.24, 2.45) is 5.92 Å². The maximum Gasteiger partial charge on any atom is 0.229 e. The third kappa shape index (κ3) is 4.11. The molecule has 7 heteroatoms. The van der Waals surface area contributed by atoms with E-state index in [9.17, 15) is 14.0 Å². The molecule has 1 N–H and O–H groups in total. The summed E-state index contributed by atoms with van der Waals surface area (Å²) in [6.07, 6.45) is 0.0888. The molecular weight excluding hydrogens is 366 g/mol. The molecule has 1 aliphatic heterocycles. The number of halogens is 3. The Morgan fingerprint density at radius 3 is 2.72 bits per heavy atom. The number of benzene rings is 2. The summed E-state index contributed by atoms with van der Waals surface area (Å²) in [6, 6.07) is 11.3. The summed E-state index contributed by atoms with van der Waals surface area (Å²) in [5, 5.41) is 3.34. The first-order chi connectivity index (χ1) is 11.9. The minimum atomic E-state index is -0.613. The van der Waals surface area contributed by atoms with Gasteiger partial charge in [0.2, 0.25) is 11.8 Å². The lowest BCUT2D eigenvalue weighted by molar-refractivity contribution is -0.128. The third-order valence-corrected chi connectivity index (χ3v) is 4.70. The number of nitrogens with zero attached hydrogens (tertiary/aromatic N) is 1. The molecule has 1 atom stereocenters. The molecule has 0 saturated carbocycles. The van der Waals surface area contributed by atoms with Crippen LogP contribution in [0.2, 0.25) is 10.0 Å². The fourth-order valence-electron chi connectivity index (χ4n) is 2.76. The standard InChI is InChI=1S/C18H15Cl2FN2O2/c19-13-5-6-16(15(21)8-13)22-18(25)12-7-17(24)23(10-12)9-11-3-1-2-4-14(11)20/h1-6,8,12H,7,9-10H2,(H,22,25)/t12-/m1/s1. The van der Waals surface area contributed by atoms with Crippen LogP contribution >= 0.6 is 23.2 Å². The summed E-state index contributed by atoms with van der Waals surface area (Å²) >= 11 is 11.8. The van der Waals surface area contributed by atoms with Crippen LogP contribution in [0.25, 0.3) is 0 Å². The van der Waals surface area contributed by atoms with E-state index in [-0.39, 0.29) is 29.6 Å². The van der Waals surface area contributed by atoms with E-state index in [1.165, 1.54) is 12.1 Å². The molecule has 1 saturated heterocycles. The molecule has 1 fully saturated rings. The van der Waals surface area contributed by atoms with Crippen molar-refractivity contribution in [1.82, 2.24) is 4.90 Å². The maximum absolute atomic E-state index is 13.8. The highest BCUT2D eigenvalue weighted by atomic mass is 35.5. The highest BCUT2D eigenvalue weighted by Crippen LogP contribution is 2.25. The zero-order valence-corrected chi connectivity index (χ0v) is 14.6. The Morgan fingerprint density at radius 2 is 2.00 bits per heavy atom. The van der Waals surface area contributed by atoms with Crippen molar-refractivity contribution in [3.8, 4) is 0 Å². The van der Waals surface area contributed by atoms with Crippen LogP contribution in [-0.2, 0) is 16.1 Å². The van der Waals surface area contributed by atoms with E-state index in [2.05, 4.69) is 5.32 Å². The molecule has 0 radical (unpaired) electrons. The fourth-order valence-corrected chi connectivity index (χ4v) is 3.11. The molecule has 2 aromatic carbocycles. The van der Waals surface area contributed by atoms with Crippen LogP contribution in [0.4, 0.5) is 10.1 Å². The van der Waals surface area contributed by atoms with Crippen molar-refractivity contribution in [3.05, 3.63) is 63.9 Å². The smallest absolute Gasteiger partial charge is 0.229 e. The van der Waals surface area contributed by atoms with E-state index in [1.54, 1.807) is 11.0 Å². The SMILES string of the molecule is O=C(Nc1ccc(Cl)cc1F)[C@@H]1CC(=O)N(Cc2ccccc2Cl)C1. The van der Waals surface area contributed by atoms with E-state index >= 15 is 0 Å². The quantitative estimate of drug-likeness (QED) is 0.866. The number of likely N-dealkylation sites (tertiary alicyclic amines) is 1. The molecule has 0 aliphatic carbocycles. The largest absolute Gasteiger partial charge is 0.337 e. The second kappa shape index (κ2) is 7.42. The van der Waals surface area contributed by atoms with Gasteiger partial charge in [0.25, 0.3) is 0 Å².